The second-order valence-corrected chi connectivity index (χ2v) is 6.92. The number of nitrogens with one attached hydrogen (secondary N) is 1. The number of hydrogen-bond donors (Lipinski definition) is 1. The van der Waals surface area contributed by atoms with E-state index in [1.54, 1.807) is 4.90 Å². The van der Waals surface area contributed by atoms with Gasteiger partial charge in [0.1, 0.15) is 5.65 Å². The monoisotopic (exact) mass is 356 g/mol. The summed E-state index contributed by atoms with van der Waals surface area (Å²) >= 11 is 0. The molecule has 26 heavy (non-hydrogen) atoms. The van der Waals surface area contributed by atoms with E-state index in [1.165, 1.54) is 0 Å². The molecule has 138 valence electrons. The predicted octanol–water partition coefficient (Wildman–Crippen LogP) is -0.590. The number of carbonyl (C=O) groups is 2. The predicted molar refractivity (Wildman–Crippen MR) is 96.5 cm³/mol. The molecule has 8 heteroatoms. The molecule has 8 nitrogen and oxygen atoms in total. The number of hydrogen-bond acceptors (Lipinski definition) is 5. The third-order valence-electron chi connectivity index (χ3n) is 5.01. The number of amides is 2. The highest BCUT2D eigenvalue weighted by molar-refractivity contribution is 5.86. The van der Waals surface area contributed by atoms with Gasteiger partial charge in [-0.05, 0) is 12.1 Å². The lowest BCUT2D eigenvalue weighted by Crippen LogP contribution is -2.54. The van der Waals surface area contributed by atoms with Crippen molar-refractivity contribution in [3.63, 3.8) is 0 Å². The van der Waals surface area contributed by atoms with E-state index in [2.05, 4.69) is 26.3 Å². The maximum absolute atomic E-state index is 12.4. The molecule has 0 atom stereocenters. The topological polar surface area (TPSA) is 73.2 Å². The highest BCUT2D eigenvalue weighted by Crippen LogP contribution is 2.10. The van der Waals surface area contributed by atoms with Crippen molar-refractivity contribution < 1.29 is 9.59 Å². The maximum Gasteiger partial charge on any atom is 0.239 e. The van der Waals surface area contributed by atoms with E-state index in [9.17, 15) is 9.59 Å². The summed E-state index contributed by atoms with van der Waals surface area (Å²) in [6, 6.07) is 6.00. The number of carbonyl (C=O) groups excluding carboxylic acids is 2. The lowest BCUT2D eigenvalue weighted by Gasteiger charge is -2.35. The van der Waals surface area contributed by atoms with Gasteiger partial charge < -0.3 is 14.6 Å². The molecule has 0 unspecified atom stereocenters. The van der Waals surface area contributed by atoms with Gasteiger partial charge in [0.15, 0.2) is 0 Å². The molecule has 2 aliphatic heterocycles. The van der Waals surface area contributed by atoms with Gasteiger partial charge in [-0.1, -0.05) is 6.07 Å². The van der Waals surface area contributed by atoms with Gasteiger partial charge in [-0.25, -0.2) is 4.98 Å². The molecular formula is C18H24N6O2. The van der Waals surface area contributed by atoms with Gasteiger partial charge in [0.2, 0.25) is 11.8 Å². The number of imidazole rings is 1. The van der Waals surface area contributed by atoms with Crippen molar-refractivity contribution >= 4 is 17.5 Å². The normalized spacial score (nSPS) is 19.7. The third kappa shape index (κ3) is 3.86. The molecule has 2 aromatic heterocycles. The zero-order valence-corrected chi connectivity index (χ0v) is 14.8. The van der Waals surface area contributed by atoms with Gasteiger partial charge in [0.25, 0.3) is 0 Å². The fourth-order valence-electron chi connectivity index (χ4n) is 3.54. The summed E-state index contributed by atoms with van der Waals surface area (Å²) < 4.78 is 2.04. The summed E-state index contributed by atoms with van der Waals surface area (Å²) in [4.78, 5) is 34.6. The van der Waals surface area contributed by atoms with Crippen molar-refractivity contribution in [2.24, 2.45) is 0 Å². The Kier molecular flexibility index (Phi) is 4.85. The lowest BCUT2D eigenvalue weighted by molar-refractivity contribution is -0.139. The summed E-state index contributed by atoms with van der Waals surface area (Å²) in [5.41, 5.74) is 2.04. The van der Waals surface area contributed by atoms with E-state index >= 15 is 0 Å². The summed E-state index contributed by atoms with van der Waals surface area (Å²) in [7, 11) is 0. The molecule has 0 bridgehead atoms. The van der Waals surface area contributed by atoms with Crippen LogP contribution in [-0.2, 0) is 16.1 Å². The van der Waals surface area contributed by atoms with Crippen LogP contribution in [-0.4, -0.2) is 88.3 Å². The average molecular weight is 356 g/mol. The molecule has 2 saturated heterocycles. The molecule has 2 aromatic rings. The number of piperazine rings is 2. The van der Waals surface area contributed by atoms with Crippen LogP contribution in [0.15, 0.2) is 30.6 Å². The first-order chi connectivity index (χ1) is 12.7. The Bertz CT molecular complexity index is 763. The Balaban J connectivity index is 1.26. The van der Waals surface area contributed by atoms with Crippen LogP contribution in [0.4, 0.5) is 0 Å². The number of fused-ring (bicyclic) bond motifs is 1. The molecule has 2 amide bonds. The van der Waals surface area contributed by atoms with E-state index in [4.69, 9.17) is 0 Å². The van der Waals surface area contributed by atoms with Gasteiger partial charge in [-0.15, -0.1) is 0 Å². The summed E-state index contributed by atoms with van der Waals surface area (Å²) in [5, 5.41) is 2.75. The first-order valence-electron chi connectivity index (χ1n) is 9.09. The summed E-state index contributed by atoms with van der Waals surface area (Å²) in [6.45, 7) is 6.13. The SMILES string of the molecule is O=C1CN(C(=O)CN2CCN(Cc3cn4ccccc4n3)CC2)CCN1. The van der Waals surface area contributed by atoms with Gasteiger partial charge in [-0.3, -0.25) is 19.4 Å². The number of nitrogens with zero attached hydrogens (tertiary/aromatic N) is 5. The number of pyridine rings is 1. The minimum atomic E-state index is -0.0677. The van der Waals surface area contributed by atoms with E-state index < -0.39 is 0 Å². The molecule has 2 fully saturated rings. The van der Waals surface area contributed by atoms with Crippen molar-refractivity contribution in [2.75, 3.05) is 52.4 Å². The zero-order chi connectivity index (χ0) is 17.9. The minimum absolute atomic E-state index is 0.0497. The first kappa shape index (κ1) is 17.0. The summed E-state index contributed by atoms with van der Waals surface area (Å²) in [5.74, 6) is -0.0180. The Labute approximate surface area is 152 Å². The second kappa shape index (κ2) is 7.43. The van der Waals surface area contributed by atoms with Crippen molar-refractivity contribution in [3.8, 4) is 0 Å². The van der Waals surface area contributed by atoms with Crippen molar-refractivity contribution in [2.45, 2.75) is 6.54 Å². The first-order valence-corrected chi connectivity index (χ1v) is 9.09. The zero-order valence-electron chi connectivity index (χ0n) is 14.8. The molecular weight excluding hydrogens is 332 g/mol. The molecule has 2 aliphatic rings. The van der Waals surface area contributed by atoms with Crippen LogP contribution in [0.5, 0.6) is 0 Å². The van der Waals surface area contributed by atoms with Crippen LogP contribution in [0.1, 0.15) is 5.69 Å². The Hall–Kier alpha value is -2.45. The van der Waals surface area contributed by atoms with Crippen LogP contribution in [0, 0.1) is 0 Å². The fraction of sp³-hybridized carbons (Fsp3) is 0.500. The van der Waals surface area contributed by atoms with Crippen molar-refractivity contribution in [1.82, 2.24) is 29.4 Å². The number of aromatic nitrogens is 2. The van der Waals surface area contributed by atoms with Crippen LogP contribution < -0.4 is 5.32 Å². The van der Waals surface area contributed by atoms with Crippen LogP contribution in [0.2, 0.25) is 0 Å². The Morgan fingerprint density at radius 3 is 2.69 bits per heavy atom. The van der Waals surface area contributed by atoms with Gasteiger partial charge >= 0.3 is 0 Å². The average Bonchev–Trinajstić information content (AvgIpc) is 3.05. The van der Waals surface area contributed by atoms with Crippen LogP contribution in [0.3, 0.4) is 0 Å². The molecule has 0 aliphatic carbocycles. The Morgan fingerprint density at radius 1 is 1.12 bits per heavy atom. The molecule has 0 saturated carbocycles. The standard InChI is InChI=1S/C18H24N6O2/c25-17-13-24(6-4-19-17)18(26)14-22-9-7-21(8-10-22)11-15-12-23-5-2-1-3-16(23)20-15/h1-3,5,12H,4,6-11,13-14H2,(H,19,25). The Morgan fingerprint density at radius 2 is 1.92 bits per heavy atom. The van der Waals surface area contributed by atoms with E-state index in [1.807, 2.05) is 28.8 Å². The summed E-state index contributed by atoms with van der Waals surface area (Å²) in [6.07, 6.45) is 4.09. The third-order valence-corrected chi connectivity index (χ3v) is 5.01. The highest BCUT2D eigenvalue weighted by atomic mass is 16.2. The lowest BCUT2D eigenvalue weighted by atomic mass is 10.2. The van der Waals surface area contributed by atoms with Gasteiger partial charge in [-0.2, -0.15) is 0 Å². The molecule has 0 spiro atoms. The van der Waals surface area contributed by atoms with Crippen molar-refractivity contribution in [1.29, 1.82) is 0 Å². The molecule has 0 aromatic carbocycles. The van der Waals surface area contributed by atoms with Crippen LogP contribution in [0.25, 0.3) is 5.65 Å². The maximum atomic E-state index is 12.4. The minimum Gasteiger partial charge on any atom is -0.353 e. The highest BCUT2D eigenvalue weighted by Gasteiger charge is 2.25. The van der Waals surface area contributed by atoms with E-state index in [0.717, 1.165) is 44.1 Å². The van der Waals surface area contributed by atoms with Crippen molar-refractivity contribution in [3.05, 3.63) is 36.3 Å². The second-order valence-electron chi connectivity index (χ2n) is 6.92. The molecule has 1 N–H and O–H groups in total. The van der Waals surface area contributed by atoms with E-state index in [-0.39, 0.29) is 18.4 Å². The largest absolute Gasteiger partial charge is 0.353 e. The van der Waals surface area contributed by atoms with Gasteiger partial charge in [0.05, 0.1) is 18.8 Å². The fourth-order valence-corrected chi connectivity index (χ4v) is 3.54. The molecule has 4 rings (SSSR count). The van der Waals surface area contributed by atoms with E-state index in [0.29, 0.717) is 19.6 Å². The quantitative estimate of drug-likeness (QED) is 0.793. The smallest absolute Gasteiger partial charge is 0.239 e. The van der Waals surface area contributed by atoms with Crippen LogP contribution >= 0.6 is 0 Å². The number of rotatable bonds is 4. The molecule has 0 radical (unpaired) electrons. The van der Waals surface area contributed by atoms with Gasteiger partial charge in [0, 0.05) is 58.2 Å². The molecule has 4 heterocycles.